The zero-order valence-electron chi connectivity index (χ0n) is 27.8. The molecule has 3 heterocycles. The van der Waals surface area contributed by atoms with Gasteiger partial charge in [0.05, 0.1) is 36.6 Å². The predicted molar refractivity (Wildman–Crippen MR) is 174 cm³/mol. The number of hydrogen-bond acceptors (Lipinski definition) is 6. The number of ether oxygens (including phenoxy) is 3. The van der Waals surface area contributed by atoms with Crippen molar-refractivity contribution in [3.8, 4) is 0 Å². The van der Waals surface area contributed by atoms with Crippen molar-refractivity contribution in [1.82, 2.24) is 0 Å². The molecule has 0 aromatic heterocycles. The molecular formula is C37H66O6. The van der Waals surface area contributed by atoms with Gasteiger partial charge in [0.1, 0.15) is 6.10 Å². The quantitative estimate of drug-likeness (QED) is 0.0797. The highest BCUT2D eigenvalue weighted by atomic mass is 16.6. The topological polar surface area (TPSA) is 85.2 Å². The summed E-state index contributed by atoms with van der Waals surface area (Å²) >= 11 is 0. The maximum absolute atomic E-state index is 11.6. The molecule has 2 saturated heterocycles. The molecule has 2 fully saturated rings. The molecule has 43 heavy (non-hydrogen) atoms. The van der Waals surface area contributed by atoms with Crippen LogP contribution < -0.4 is 0 Å². The molecule has 6 heteroatoms. The molecule has 0 radical (unpaired) electrons. The third-order valence-electron chi connectivity index (χ3n) is 9.98. The summed E-state index contributed by atoms with van der Waals surface area (Å²) in [5, 5.41) is 21.4. The minimum atomic E-state index is -0.375. The second-order valence-corrected chi connectivity index (χ2v) is 13.9. The second-order valence-electron chi connectivity index (χ2n) is 13.9. The van der Waals surface area contributed by atoms with Crippen LogP contribution in [-0.4, -0.2) is 58.9 Å². The Morgan fingerprint density at radius 3 is 1.49 bits per heavy atom. The Labute approximate surface area is 263 Å². The summed E-state index contributed by atoms with van der Waals surface area (Å²) in [6.07, 6.45) is 29.9. The molecule has 3 aliphatic rings. The minimum Gasteiger partial charge on any atom is -0.455 e. The Hall–Kier alpha value is -0.950. The summed E-state index contributed by atoms with van der Waals surface area (Å²) in [5.41, 5.74) is 0.869. The fourth-order valence-corrected chi connectivity index (χ4v) is 7.25. The number of aliphatic hydroxyl groups excluding tert-OH is 2. The average Bonchev–Trinajstić information content (AvgIpc) is 3.75. The maximum Gasteiger partial charge on any atom is 0.334 e. The number of carbonyl (C=O) groups is 1. The van der Waals surface area contributed by atoms with E-state index in [0.29, 0.717) is 0 Å². The zero-order chi connectivity index (χ0) is 30.7. The van der Waals surface area contributed by atoms with E-state index in [1.165, 1.54) is 96.3 Å². The van der Waals surface area contributed by atoms with Crippen molar-refractivity contribution in [2.45, 2.75) is 217 Å². The molecule has 3 aliphatic heterocycles. The van der Waals surface area contributed by atoms with E-state index >= 15 is 0 Å². The van der Waals surface area contributed by atoms with Crippen molar-refractivity contribution in [3.05, 3.63) is 11.6 Å². The first kappa shape index (κ1) is 36.5. The molecule has 6 nitrogen and oxygen atoms in total. The van der Waals surface area contributed by atoms with Crippen molar-refractivity contribution in [3.63, 3.8) is 0 Å². The maximum atomic E-state index is 11.6. The number of cyclic esters (lactones) is 1. The number of aliphatic hydroxyl groups is 2. The highest BCUT2D eigenvalue weighted by Crippen LogP contribution is 2.34. The van der Waals surface area contributed by atoms with Crippen molar-refractivity contribution >= 4 is 5.97 Å². The molecule has 7 atom stereocenters. The smallest absolute Gasteiger partial charge is 0.334 e. The van der Waals surface area contributed by atoms with Crippen LogP contribution in [0.15, 0.2) is 11.6 Å². The lowest BCUT2D eigenvalue weighted by atomic mass is 10.0. The molecule has 0 saturated carbocycles. The van der Waals surface area contributed by atoms with Gasteiger partial charge in [0.15, 0.2) is 0 Å². The Balaban J connectivity index is 1.12. The van der Waals surface area contributed by atoms with Crippen LogP contribution in [0.3, 0.4) is 0 Å². The molecule has 0 aromatic carbocycles. The van der Waals surface area contributed by atoms with Crippen LogP contribution in [0.1, 0.15) is 174 Å². The number of rotatable bonds is 25. The predicted octanol–water partition coefficient (Wildman–Crippen LogP) is 8.89. The summed E-state index contributed by atoms with van der Waals surface area (Å²) in [6.45, 7) is 4.17. The summed E-state index contributed by atoms with van der Waals surface area (Å²) in [4.78, 5) is 11.6. The van der Waals surface area contributed by atoms with Crippen LogP contribution in [0.5, 0.6) is 0 Å². The van der Waals surface area contributed by atoms with Crippen molar-refractivity contribution < 1.29 is 29.2 Å². The van der Waals surface area contributed by atoms with Gasteiger partial charge in [0.2, 0.25) is 0 Å². The van der Waals surface area contributed by atoms with E-state index in [1.807, 2.05) is 13.0 Å². The van der Waals surface area contributed by atoms with Gasteiger partial charge in [-0.25, -0.2) is 4.79 Å². The lowest BCUT2D eigenvalue weighted by molar-refractivity contribution is -0.139. The van der Waals surface area contributed by atoms with E-state index in [2.05, 4.69) is 6.92 Å². The van der Waals surface area contributed by atoms with Crippen LogP contribution in [0.25, 0.3) is 0 Å². The van der Waals surface area contributed by atoms with E-state index in [0.717, 1.165) is 69.8 Å². The van der Waals surface area contributed by atoms with Crippen LogP contribution in [0.2, 0.25) is 0 Å². The Bertz CT molecular complexity index is 768. The van der Waals surface area contributed by atoms with Crippen LogP contribution in [0.4, 0.5) is 0 Å². The summed E-state index contributed by atoms with van der Waals surface area (Å²) in [6, 6.07) is 0. The summed E-state index contributed by atoms with van der Waals surface area (Å²) in [5.74, 6) is -0.118. The fourth-order valence-electron chi connectivity index (χ4n) is 7.25. The zero-order valence-corrected chi connectivity index (χ0v) is 27.8. The molecule has 0 bridgehead atoms. The summed E-state index contributed by atoms with van der Waals surface area (Å²) < 4.78 is 17.7. The van der Waals surface area contributed by atoms with Crippen molar-refractivity contribution in [2.75, 3.05) is 0 Å². The van der Waals surface area contributed by atoms with Crippen LogP contribution in [-0.2, 0) is 19.0 Å². The van der Waals surface area contributed by atoms with Crippen molar-refractivity contribution in [1.29, 1.82) is 0 Å². The molecule has 0 spiro atoms. The van der Waals surface area contributed by atoms with Crippen molar-refractivity contribution in [2.24, 2.45) is 0 Å². The van der Waals surface area contributed by atoms with Gasteiger partial charge in [0, 0.05) is 5.57 Å². The molecule has 0 amide bonds. The third kappa shape index (κ3) is 14.3. The Kier molecular flexibility index (Phi) is 18.5. The van der Waals surface area contributed by atoms with E-state index in [-0.39, 0.29) is 48.7 Å². The van der Waals surface area contributed by atoms with Gasteiger partial charge in [-0.05, 0) is 64.4 Å². The lowest BCUT2D eigenvalue weighted by Gasteiger charge is -2.24. The first-order valence-corrected chi connectivity index (χ1v) is 18.6. The molecule has 3 rings (SSSR count). The van der Waals surface area contributed by atoms with E-state index in [1.54, 1.807) is 0 Å². The van der Waals surface area contributed by atoms with E-state index in [4.69, 9.17) is 14.2 Å². The standard InChI is InChI=1S/C37H66O6/c1-3-4-5-6-7-13-16-19-22-31(38)33-24-26-35(42-33)36-27-25-34(43-36)32(39)23-20-17-14-11-9-8-10-12-15-18-21-30-28-29(2)41-37(30)40/h28-29,31-36,38-39H,3-27H2,1-2H3/t29-,31+,32-,33-,34-,35+,36+/m1/s1. The molecule has 0 aliphatic carbocycles. The van der Waals surface area contributed by atoms with Gasteiger partial charge in [-0.2, -0.15) is 0 Å². The van der Waals surface area contributed by atoms with Crippen LogP contribution in [0, 0.1) is 0 Å². The highest BCUT2D eigenvalue weighted by molar-refractivity contribution is 5.90. The number of esters is 1. The molecular weight excluding hydrogens is 540 g/mol. The first-order valence-electron chi connectivity index (χ1n) is 18.6. The Morgan fingerprint density at radius 2 is 1.07 bits per heavy atom. The van der Waals surface area contributed by atoms with Gasteiger partial charge < -0.3 is 24.4 Å². The first-order chi connectivity index (χ1) is 21.0. The number of unbranched alkanes of at least 4 members (excludes halogenated alkanes) is 16. The molecule has 2 N–H and O–H groups in total. The third-order valence-corrected chi connectivity index (χ3v) is 9.98. The lowest BCUT2D eigenvalue weighted by Crippen LogP contribution is -2.33. The monoisotopic (exact) mass is 606 g/mol. The van der Waals surface area contributed by atoms with Gasteiger partial charge >= 0.3 is 5.97 Å². The largest absolute Gasteiger partial charge is 0.455 e. The normalized spacial score (nSPS) is 27.0. The Morgan fingerprint density at radius 1 is 0.651 bits per heavy atom. The van der Waals surface area contributed by atoms with Gasteiger partial charge in [-0.3, -0.25) is 0 Å². The summed E-state index contributed by atoms with van der Waals surface area (Å²) in [7, 11) is 0. The van der Waals surface area contributed by atoms with E-state index < -0.39 is 0 Å². The number of carbonyl (C=O) groups excluding carboxylic acids is 1. The fraction of sp³-hybridized carbons (Fsp3) is 0.919. The van der Waals surface area contributed by atoms with Gasteiger partial charge in [-0.1, -0.05) is 116 Å². The number of hydrogen-bond donors (Lipinski definition) is 2. The van der Waals surface area contributed by atoms with Crippen LogP contribution >= 0.6 is 0 Å². The average molecular weight is 607 g/mol. The molecule has 250 valence electrons. The minimum absolute atomic E-state index is 0.0466. The van der Waals surface area contributed by atoms with Gasteiger partial charge in [-0.15, -0.1) is 0 Å². The molecule has 0 aromatic rings. The highest BCUT2D eigenvalue weighted by Gasteiger charge is 2.40. The van der Waals surface area contributed by atoms with E-state index in [9.17, 15) is 15.0 Å². The SMILES string of the molecule is CCCCCCCCCC[C@H](O)[C@H]1CC[C@@H]([C@@H]2CC[C@H]([C@H](O)CCCCCCCCCCCCC3=C[C@@H](C)OC3=O)O2)O1. The second kappa shape index (κ2) is 21.7. The van der Waals surface area contributed by atoms with Gasteiger partial charge in [0.25, 0.3) is 0 Å². The molecule has 0 unspecified atom stereocenters.